The van der Waals surface area contributed by atoms with Gasteiger partial charge in [-0.05, 0) is 24.6 Å². The van der Waals surface area contributed by atoms with Crippen LogP contribution in [0.2, 0.25) is 0 Å². The van der Waals surface area contributed by atoms with Crippen LogP contribution in [-0.2, 0) is 4.74 Å². The molecule has 0 fully saturated rings. The van der Waals surface area contributed by atoms with Gasteiger partial charge >= 0.3 is 5.97 Å². The van der Waals surface area contributed by atoms with Gasteiger partial charge in [-0.25, -0.2) is 4.79 Å². The number of hydrogen-bond donors (Lipinski definition) is 1. The molecule has 0 saturated carbocycles. The third-order valence-electron chi connectivity index (χ3n) is 3.65. The van der Waals surface area contributed by atoms with Crippen molar-refractivity contribution in [3.8, 4) is 5.75 Å². The zero-order valence-corrected chi connectivity index (χ0v) is 12.5. The Balaban J connectivity index is 1.80. The Morgan fingerprint density at radius 3 is 2.91 bits per heavy atom. The Morgan fingerprint density at radius 1 is 1.32 bits per heavy atom. The first-order valence-electron chi connectivity index (χ1n) is 7.10. The zero-order chi connectivity index (χ0) is 15.5. The first-order valence-corrected chi connectivity index (χ1v) is 7.10. The summed E-state index contributed by atoms with van der Waals surface area (Å²) < 4.78 is 10.4. The molecule has 0 unspecified atom stereocenters. The zero-order valence-electron chi connectivity index (χ0n) is 12.5. The number of rotatable bonds is 3. The van der Waals surface area contributed by atoms with Gasteiger partial charge in [-0.15, -0.1) is 10.2 Å². The fourth-order valence-electron chi connectivity index (χ4n) is 2.53. The molecule has 2 heterocycles. The van der Waals surface area contributed by atoms with E-state index in [1.807, 2.05) is 19.1 Å². The molecule has 0 radical (unpaired) electrons. The van der Waals surface area contributed by atoms with E-state index >= 15 is 0 Å². The van der Waals surface area contributed by atoms with E-state index in [9.17, 15) is 4.79 Å². The molecule has 1 aromatic carbocycles. The third kappa shape index (κ3) is 2.72. The first-order chi connectivity index (χ1) is 10.7. The average Bonchev–Trinajstić information content (AvgIpc) is 2.56. The molecule has 1 aliphatic rings. The predicted octanol–water partition coefficient (Wildman–Crippen LogP) is 2.51. The first kappa shape index (κ1) is 14.3. The summed E-state index contributed by atoms with van der Waals surface area (Å²) in [6.45, 7) is 2.69. The highest BCUT2D eigenvalue weighted by Crippen LogP contribution is 2.36. The quantitative estimate of drug-likeness (QED) is 0.878. The molecular weight excluding hydrogens is 282 g/mol. The Labute approximate surface area is 128 Å². The smallest absolute Gasteiger partial charge is 0.358 e. The number of benzene rings is 1. The summed E-state index contributed by atoms with van der Waals surface area (Å²) in [5.41, 5.74) is 2.43. The topological polar surface area (TPSA) is 73.3 Å². The predicted molar refractivity (Wildman–Crippen MR) is 81.0 cm³/mol. The number of nitrogens with one attached hydrogen (secondary N) is 1. The van der Waals surface area contributed by atoms with E-state index in [-0.39, 0.29) is 11.7 Å². The number of nitrogens with zero attached hydrogens (tertiary/aromatic N) is 2. The van der Waals surface area contributed by atoms with Gasteiger partial charge in [0.05, 0.1) is 19.8 Å². The van der Waals surface area contributed by atoms with Crippen molar-refractivity contribution >= 4 is 11.8 Å². The molecule has 22 heavy (non-hydrogen) atoms. The minimum atomic E-state index is -0.494. The van der Waals surface area contributed by atoms with Gasteiger partial charge in [0.2, 0.25) is 0 Å². The minimum Gasteiger partial charge on any atom is -0.493 e. The van der Waals surface area contributed by atoms with E-state index in [1.165, 1.54) is 7.11 Å². The van der Waals surface area contributed by atoms with Crippen molar-refractivity contribution in [2.45, 2.75) is 19.4 Å². The summed E-state index contributed by atoms with van der Waals surface area (Å²) in [5.74, 6) is 1.06. The number of ether oxygens (including phenoxy) is 2. The molecule has 6 nitrogen and oxygen atoms in total. The second kappa shape index (κ2) is 6.01. The molecule has 1 aromatic heterocycles. The van der Waals surface area contributed by atoms with Crippen LogP contribution in [0.4, 0.5) is 5.82 Å². The number of aromatic nitrogens is 2. The van der Waals surface area contributed by atoms with Crippen LogP contribution < -0.4 is 10.1 Å². The maximum atomic E-state index is 11.4. The molecule has 114 valence electrons. The van der Waals surface area contributed by atoms with Gasteiger partial charge in [0, 0.05) is 12.0 Å². The highest BCUT2D eigenvalue weighted by atomic mass is 16.5. The number of carbonyl (C=O) groups is 1. The lowest BCUT2D eigenvalue weighted by molar-refractivity contribution is 0.0593. The molecule has 0 amide bonds. The normalized spacial score (nSPS) is 16.4. The lowest BCUT2D eigenvalue weighted by Crippen LogP contribution is -2.21. The molecule has 3 rings (SSSR count). The van der Waals surface area contributed by atoms with E-state index in [2.05, 4.69) is 26.3 Å². The van der Waals surface area contributed by atoms with Gasteiger partial charge in [0.15, 0.2) is 5.69 Å². The molecule has 1 N–H and O–H groups in total. The van der Waals surface area contributed by atoms with Crippen molar-refractivity contribution in [2.24, 2.45) is 0 Å². The van der Waals surface area contributed by atoms with Crippen molar-refractivity contribution in [3.05, 3.63) is 47.2 Å². The molecule has 2 aromatic rings. The Kier molecular flexibility index (Phi) is 3.91. The van der Waals surface area contributed by atoms with Crippen molar-refractivity contribution in [3.63, 3.8) is 0 Å². The van der Waals surface area contributed by atoms with Crippen molar-refractivity contribution in [1.29, 1.82) is 0 Å². The van der Waals surface area contributed by atoms with Crippen LogP contribution in [-0.4, -0.2) is 29.9 Å². The number of fused-ring (bicyclic) bond motifs is 1. The fraction of sp³-hybridized carbons (Fsp3) is 0.312. The van der Waals surface area contributed by atoms with Crippen LogP contribution >= 0.6 is 0 Å². The van der Waals surface area contributed by atoms with E-state index < -0.39 is 5.97 Å². The van der Waals surface area contributed by atoms with Gasteiger partial charge in [0.1, 0.15) is 11.6 Å². The van der Waals surface area contributed by atoms with E-state index in [0.717, 1.165) is 23.3 Å². The molecule has 0 spiro atoms. The van der Waals surface area contributed by atoms with Gasteiger partial charge in [-0.2, -0.15) is 0 Å². The monoisotopic (exact) mass is 299 g/mol. The Morgan fingerprint density at radius 2 is 2.18 bits per heavy atom. The highest BCUT2D eigenvalue weighted by molar-refractivity contribution is 5.86. The van der Waals surface area contributed by atoms with Crippen LogP contribution in [0.5, 0.6) is 5.75 Å². The number of aryl methyl sites for hydroxylation is 1. The van der Waals surface area contributed by atoms with Gasteiger partial charge < -0.3 is 14.8 Å². The number of hydrogen-bond acceptors (Lipinski definition) is 6. The van der Waals surface area contributed by atoms with Gasteiger partial charge in [-0.1, -0.05) is 18.2 Å². The van der Waals surface area contributed by atoms with E-state index in [4.69, 9.17) is 4.74 Å². The molecular formula is C16H17N3O3. The SMILES string of the molecule is COC(=O)c1ccc(N[C@@H]2CCOc3c(C)cccc32)nn1. The summed E-state index contributed by atoms with van der Waals surface area (Å²) in [5, 5.41) is 11.2. The van der Waals surface area contributed by atoms with Crippen molar-refractivity contribution < 1.29 is 14.3 Å². The van der Waals surface area contributed by atoms with E-state index in [0.29, 0.717) is 12.4 Å². The van der Waals surface area contributed by atoms with Crippen LogP contribution in [0, 0.1) is 6.92 Å². The summed E-state index contributed by atoms with van der Waals surface area (Å²) in [6.07, 6.45) is 0.844. The fourth-order valence-corrected chi connectivity index (χ4v) is 2.53. The minimum absolute atomic E-state index is 0.113. The average molecular weight is 299 g/mol. The van der Waals surface area contributed by atoms with Crippen molar-refractivity contribution in [2.75, 3.05) is 19.0 Å². The number of carbonyl (C=O) groups excluding carboxylic acids is 1. The molecule has 6 heteroatoms. The summed E-state index contributed by atoms with van der Waals surface area (Å²) in [7, 11) is 1.32. The number of esters is 1. The standard InChI is InChI=1S/C16H17N3O3/c1-10-4-3-5-11-12(8-9-22-15(10)11)17-14-7-6-13(18-19-14)16(20)21-2/h3-7,12H,8-9H2,1-2H3,(H,17,19)/t12-/m1/s1. The van der Waals surface area contributed by atoms with Crippen LogP contribution in [0.3, 0.4) is 0 Å². The van der Waals surface area contributed by atoms with Gasteiger partial charge in [0.25, 0.3) is 0 Å². The van der Waals surface area contributed by atoms with Crippen molar-refractivity contribution in [1.82, 2.24) is 10.2 Å². The van der Waals surface area contributed by atoms with Crippen LogP contribution in [0.1, 0.15) is 34.1 Å². The third-order valence-corrected chi connectivity index (χ3v) is 3.65. The number of anilines is 1. The largest absolute Gasteiger partial charge is 0.493 e. The number of para-hydroxylation sites is 1. The maximum Gasteiger partial charge on any atom is 0.358 e. The molecule has 0 saturated heterocycles. The lowest BCUT2D eigenvalue weighted by Gasteiger charge is -2.28. The second-order valence-corrected chi connectivity index (χ2v) is 5.12. The molecule has 0 aliphatic carbocycles. The van der Waals surface area contributed by atoms with E-state index in [1.54, 1.807) is 12.1 Å². The summed E-state index contributed by atoms with van der Waals surface area (Å²) in [4.78, 5) is 11.4. The molecule has 1 aliphatic heterocycles. The highest BCUT2D eigenvalue weighted by Gasteiger charge is 2.23. The molecule has 0 bridgehead atoms. The maximum absolute atomic E-state index is 11.4. The summed E-state index contributed by atoms with van der Waals surface area (Å²) >= 11 is 0. The Bertz CT molecular complexity index is 686. The summed E-state index contributed by atoms with van der Waals surface area (Å²) in [6, 6.07) is 9.54. The lowest BCUT2D eigenvalue weighted by atomic mass is 9.98. The van der Waals surface area contributed by atoms with Gasteiger partial charge in [-0.3, -0.25) is 0 Å². The van der Waals surface area contributed by atoms with Crippen LogP contribution in [0.25, 0.3) is 0 Å². The molecule has 1 atom stereocenters. The number of methoxy groups -OCH3 is 1. The Hall–Kier alpha value is -2.63. The van der Waals surface area contributed by atoms with Crippen LogP contribution in [0.15, 0.2) is 30.3 Å². The second-order valence-electron chi connectivity index (χ2n) is 5.12.